The SMILES string of the molecule is CN=C(NCC(c1cccc(F)c1)N1CCOCC1)NCC(C)(C)c1cccs1. The number of nitrogens with zero attached hydrogens (tertiary/aromatic N) is 2. The van der Waals surface area contributed by atoms with E-state index in [1.165, 1.54) is 10.9 Å². The lowest BCUT2D eigenvalue weighted by molar-refractivity contribution is 0.0169. The van der Waals surface area contributed by atoms with Crippen LogP contribution in [0.1, 0.15) is 30.3 Å². The third-order valence-electron chi connectivity index (χ3n) is 5.29. The summed E-state index contributed by atoms with van der Waals surface area (Å²) in [4.78, 5) is 8.06. The van der Waals surface area contributed by atoms with E-state index in [0.717, 1.165) is 31.2 Å². The number of guanidine groups is 1. The van der Waals surface area contributed by atoms with Crippen molar-refractivity contribution in [3.8, 4) is 0 Å². The normalized spacial score (nSPS) is 17.2. The molecule has 1 aromatic carbocycles. The lowest BCUT2D eigenvalue weighted by Crippen LogP contribution is -2.48. The molecule has 1 aliphatic rings. The fraction of sp³-hybridized carbons (Fsp3) is 0.500. The molecule has 0 radical (unpaired) electrons. The minimum atomic E-state index is -0.207. The smallest absolute Gasteiger partial charge is 0.191 e. The first kappa shape index (κ1) is 21.7. The molecule has 1 fully saturated rings. The molecule has 158 valence electrons. The van der Waals surface area contributed by atoms with Crippen LogP contribution in [0.2, 0.25) is 0 Å². The first-order chi connectivity index (χ1) is 14.0. The number of thiophene rings is 1. The Morgan fingerprint density at radius 2 is 2.03 bits per heavy atom. The van der Waals surface area contributed by atoms with Crippen molar-refractivity contribution in [2.45, 2.75) is 25.3 Å². The van der Waals surface area contributed by atoms with Crippen molar-refractivity contribution >= 4 is 17.3 Å². The zero-order chi connectivity index (χ0) is 20.7. The van der Waals surface area contributed by atoms with Crippen LogP contribution in [0.5, 0.6) is 0 Å². The van der Waals surface area contributed by atoms with Gasteiger partial charge < -0.3 is 15.4 Å². The fourth-order valence-electron chi connectivity index (χ4n) is 3.53. The van der Waals surface area contributed by atoms with E-state index in [-0.39, 0.29) is 17.3 Å². The van der Waals surface area contributed by atoms with Crippen molar-refractivity contribution in [3.05, 3.63) is 58.0 Å². The molecule has 0 aliphatic carbocycles. The van der Waals surface area contributed by atoms with Gasteiger partial charge in [-0.3, -0.25) is 9.89 Å². The van der Waals surface area contributed by atoms with Gasteiger partial charge in [-0.05, 0) is 29.1 Å². The Balaban J connectivity index is 1.64. The molecule has 29 heavy (non-hydrogen) atoms. The van der Waals surface area contributed by atoms with Crippen molar-refractivity contribution in [3.63, 3.8) is 0 Å². The van der Waals surface area contributed by atoms with Crippen LogP contribution in [0.3, 0.4) is 0 Å². The lowest BCUT2D eigenvalue weighted by atomic mass is 9.91. The third-order valence-corrected chi connectivity index (χ3v) is 6.53. The third kappa shape index (κ3) is 6.01. The van der Waals surface area contributed by atoms with Crippen LogP contribution in [-0.2, 0) is 10.2 Å². The van der Waals surface area contributed by atoms with Gasteiger partial charge in [-0.25, -0.2) is 4.39 Å². The molecule has 1 aliphatic heterocycles. The average molecular weight is 419 g/mol. The number of hydrogen-bond acceptors (Lipinski definition) is 4. The second-order valence-electron chi connectivity index (χ2n) is 7.89. The number of benzene rings is 1. The average Bonchev–Trinajstić information content (AvgIpc) is 3.27. The standard InChI is InChI=1S/C22H31FN4OS/c1-22(2,20-8-5-13-29-20)16-26-21(24-3)25-15-19(27-9-11-28-12-10-27)17-6-4-7-18(23)14-17/h4-8,13-14,19H,9-12,15-16H2,1-3H3,(H2,24,25,26). The Morgan fingerprint density at radius 1 is 1.24 bits per heavy atom. The summed E-state index contributed by atoms with van der Waals surface area (Å²) >= 11 is 1.77. The van der Waals surface area contributed by atoms with Crippen LogP contribution in [0.4, 0.5) is 4.39 Å². The number of nitrogens with one attached hydrogen (secondary N) is 2. The summed E-state index contributed by atoms with van der Waals surface area (Å²) in [5.74, 6) is 0.547. The molecule has 0 spiro atoms. The minimum absolute atomic E-state index is 0.0119. The van der Waals surface area contributed by atoms with E-state index in [1.54, 1.807) is 30.5 Å². The first-order valence-electron chi connectivity index (χ1n) is 10.1. The molecule has 0 saturated carbocycles. The van der Waals surface area contributed by atoms with E-state index in [1.807, 2.05) is 6.07 Å². The van der Waals surface area contributed by atoms with Gasteiger partial charge in [0, 0.05) is 43.5 Å². The van der Waals surface area contributed by atoms with Crippen LogP contribution in [0.15, 0.2) is 46.8 Å². The van der Waals surface area contributed by atoms with E-state index in [2.05, 4.69) is 51.9 Å². The van der Waals surface area contributed by atoms with Crippen LogP contribution < -0.4 is 10.6 Å². The van der Waals surface area contributed by atoms with Crippen LogP contribution in [-0.4, -0.2) is 57.3 Å². The zero-order valence-corrected chi connectivity index (χ0v) is 18.3. The number of aliphatic imine (C=N–C) groups is 1. The second-order valence-corrected chi connectivity index (χ2v) is 8.83. The number of morpholine rings is 1. The molecule has 1 atom stereocenters. The summed E-state index contributed by atoms with van der Waals surface area (Å²) in [5, 5.41) is 8.99. The van der Waals surface area contributed by atoms with Gasteiger partial charge in [-0.1, -0.05) is 32.0 Å². The van der Waals surface area contributed by atoms with Gasteiger partial charge in [0.2, 0.25) is 0 Å². The molecule has 3 rings (SSSR count). The van der Waals surface area contributed by atoms with Crippen molar-refractivity contribution in [1.82, 2.24) is 15.5 Å². The molecule has 0 bridgehead atoms. The highest BCUT2D eigenvalue weighted by Crippen LogP contribution is 2.26. The Kier molecular flexibility index (Phi) is 7.64. The molecule has 1 aromatic heterocycles. The Labute approximate surface area is 177 Å². The Morgan fingerprint density at radius 3 is 2.69 bits per heavy atom. The maximum Gasteiger partial charge on any atom is 0.191 e. The second kappa shape index (κ2) is 10.2. The van der Waals surface area contributed by atoms with E-state index in [0.29, 0.717) is 19.8 Å². The summed E-state index contributed by atoms with van der Waals surface area (Å²) in [6, 6.07) is 11.2. The molecule has 7 heteroatoms. The number of hydrogen-bond donors (Lipinski definition) is 2. The van der Waals surface area contributed by atoms with Gasteiger partial charge >= 0.3 is 0 Å². The van der Waals surface area contributed by atoms with Gasteiger partial charge in [0.25, 0.3) is 0 Å². The Bertz CT molecular complexity index is 788. The molecule has 1 saturated heterocycles. The van der Waals surface area contributed by atoms with E-state index in [4.69, 9.17) is 4.74 Å². The molecular weight excluding hydrogens is 387 g/mol. The first-order valence-corrected chi connectivity index (χ1v) is 10.9. The van der Waals surface area contributed by atoms with E-state index >= 15 is 0 Å². The van der Waals surface area contributed by atoms with Gasteiger partial charge in [0.05, 0.1) is 19.3 Å². The minimum Gasteiger partial charge on any atom is -0.379 e. The Hall–Kier alpha value is -1.96. The van der Waals surface area contributed by atoms with Crippen molar-refractivity contribution in [2.24, 2.45) is 4.99 Å². The van der Waals surface area contributed by atoms with Crippen molar-refractivity contribution in [1.29, 1.82) is 0 Å². The molecule has 0 amide bonds. The van der Waals surface area contributed by atoms with Gasteiger partial charge in [-0.15, -0.1) is 11.3 Å². The fourth-order valence-corrected chi connectivity index (χ4v) is 4.38. The van der Waals surface area contributed by atoms with Crippen molar-refractivity contribution < 1.29 is 9.13 Å². The van der Waals surface area contributed by atoms with Crippen LogP contribution in [0.25, 0.3) is 0 Å². The summed E-state index contributed by atoms with van der Waals surface area (Å²) in [7, 11) is 1.78. The van der Waals surface area contributed by atoms with Gasteiger partial charge in [0.15, 0.2) is 5.96 Å². The van der Waals surface area contributed by atoms with E-state index < -0.39 is 0 Å². The molecule has 2 heterocycles. The lowest BCUT2D eigenvalue weighted by Gasteiger charge is -2.35. The monoisotopic (exact) mass is 418 g/mol. The summed E-state index contributed by atoms with van der Waals surface area (Å²) in [6.45, 7) is 8.94. The molecular formula is C22H31FN4OS. The number of rotatable bonds is 7. The van der Waals surface area contributed by atoms with Crippen molar-refractivity contribution in [2.75, 3.05) is 46.4 Å². The largest absolute Gasteiger partial charge is 0.379 e. The number of halogens is 1. The highest BCUT2D eigenvalue weighted by molar-refractivity contribution is 7.10. The maximum absolute atomic E-state index is 13.8. The predicted molar refractivity (Wildman–Crippen MR) is 118 cm³/mol. The quantitative estimate of drug-likeness (QED) is 0.535. The van der Waals surface area contributed by atoms with Gasteiger partial charge in [-0.2, -0.15) is 0 Å². The van der Waals surface area contributed by atoms with Gasteiger partial charge in [0.1, 0.15) is 5.82 Å². The van der Waals surface area contributed by atoms with E-state index in [9.17, 15) is 4.39 Å². The topological polar surface area (TPSA) is 48.9 Å². The van der Waals surface area contributed by atoms with Crippen LogP contribution in [0, 0.1) is 5.82 Å². The summed E-state index contributed by atoms with van der Waals surface area (Å²) in [5.41, 5.74) is 0.978. The highest BCUT2D eigenvalue weighted by Gasteiger charge is 2.25. The maximum atomic E-state index is 13.8. The molecule has 2 N–H and O–H groups in total. The highest BCUT2D eigenvalue weighted by atomic mass is 32.1. The zero-order valence-electron chi connectivity index (χ0n) is 17.5. The molecule has 1 unspecified atom stereocenters. The summed E-state index contributed by atoms with van der Waals surface area (Å²) < 4.78 is 19.3. The molecule has 5 nitrogen and oxygen atoms in total. The predicted octanol–water partition coefficient (Wildman–Crippen LogP) is 3.40. The van der Waals surface area contributed by atoms with Crippen LogP contribution >= 0.6 is 11.3 Å². The summed E-state index contributed by atoms with van der Waals surface area (Å²) in [6.07, 6.45) is 0. The number of ether oxygens (including phenoxy) is 1. The molecule has 2 aromatic rings.